The van der Waals surface area contributed by atoms with Gasteiger partial charge in [-0.2, -0.15) is 0 Å². The predicted octanol–water partition coefficient (Wildman–Crippen LogP) is 0.969. The van der Waals surface area contributed by atoms with Crippen LogP contribution in [-0.2, 0) is 14.4 Å². The predicted molar refractivity (Wildman–Crippen MR) is 72.9 cm³/mol. The number of carbonyl (C=O) groups is 3. The molecule has 2 aliphatic heterocycles. The summed E-state index contributed by atoms with van der Waals surface area (Å²) in [5.41, 5.74) is 0. The molecule has 0 aromatic rings. The van der Waals surface area contributed by atoms with E-state index >= 15 is 0 Å². The lowest BCUT2D eigenvalue weighted by molar-refractivity contribution is -0.157. The number of amides is 2. The van der Waals surface area contributed by atoms with Crippen molar-refractivity contribution in [3.05, 3.63) is 0 Å². The fourth-order valence-corrected chi connectivity index (χ4v) is 3.72. The van der Waals surface area contributed by atoms with Crippen molar-refractivity contribution >= 4 is 17.6 Å². The Labute approximate surface area is 119 Å². The van der Waals surface area contributed by atoms with Crippen molar-refractivity contribution in [1.29, 1.82) is 0 Å². The summed E-state index contributed by atoms with van der Waals surface area (Å²) in [6, 6.07) is -0.232. The van der Waals surface area contributed by atoms with E-state index in [9.17, 15) is 14.4 Å². The zero-order valence-corrected chi connectivity index (χ0v) is 11.8. The number of hydrogen-bond acceptors (Lipinski definition) is 3. The number of Topliss-reactive ketones (excluding diaryl/α,β-unsaturated/α-hetero) is 1. The molecule has 20 heavy (non-hydrogen) atoms. The summed E-state index contributed by atoms with van der Waals surface area (Å²) in [6.07, 6.45) is 6.17. The summed E-state index contributed by atoms with van der Waals surface area (Å²) in [5, 5.41) is 0. The minimum Gasteiger partial charge on any atom is -0.332 e. The van der Waals surface area contributed by atoms with E-state index in [4.69, 9.17) is 0 Å². The van der Waals surface area contributed by atoms with Gasteiger partial charge in [-0.25, -0.2) is 0 Å². The Morgan fingerprint density at radius 1 is 1.05 bits per heavy atom. The first-order valence-electron chi connectivity index (χ1n) is 7.78. The fraction of sp³-hybridized carbons (Fsp3) is 0.800. The second-order valence-corrected chi connectivity index (χ2v) is 6.20. The summed E-state index contributed by atoms with van der Waals surface area (Å²) in [5.74, 6) is 0.615. The molecule has 3 aliphatic rings. The highest BCUT2D eigenvalue weighted by atomic mass is 16.2. The van der Waals surface area contributed by atoms with Crippen LogP contribution in [0.3, 0.4) is 0 Å². The summed E-state index contributed by atoms with van der Waals surface area (Å²) in [6.45, 7) is 1.49. The van der Waals surface area contributed by atoms with Crippen molar-refractivity contribution in [3.63, 3.8) is 0 Å². The highest BCUT2D eigenvalue weighted by Crippen LogP contribution is 2.27. The van der Waals surface area contributed by atoms with Crippen molar-refractivity contribution in [3.8, 4) is 0 Å². The van der Waals surface area contributed by atoms with Crippen LogP contribution in [-0.4, -0.2) is 53.1 Å². The monoisotopic (exact) mass is 278 g/mol. The topological polar surface area (TPSA) is 57.7 Å². The van der Waals surface area contributed by atoms with E-state index in [2.05, 4.69) is 0 Å². The van der Waals surface area contributed by atoms with Gasteiger partial charge in [-0.05, 0) is 38.5 Å². The SMILES string of the molecule is O=C1CCCC1CCN1CC(=O)N2CCCCC2C1=O. The van der Waals surface area contributed by atoms with Crippen molar-refractivity contribution in [2.45, 2.75) is 51.0 Å². The minimum absolute atomic E-state index is 0.0760. The first-order chi connectivity index (χ1) is 9.66. The highest BCUT2D eigenvalue weighted by molar-refractivity contribution is 5.95. The zero-order valence-electron chi connectivity index (χ0n) is 11.8. The van der Waals surface area contributed by atoms with Gasteiger partial charge >= 0.3 is 0 Å². The molecule has 5 heteroatoms. The van der Waals surface area contributed by atoms with E-state index in [0.29, 0.717) is 18.7 Å². The molecule has 0 aromatic heterocycles. The quantitative estimate of drug-likeness (QED) is 0.773. The normalized spacial score (nSPS) is 30.9. The molecule has 3 fully saturated rings. The number of piperidine rings is 1. The Hall–Kier alpha value is -1.39. The second kappa shape index (κ2) is 5.54. The lowest BCUT2D eigenvalue weighted by atomic mass is 9.97. The summed E-state index contributed by atoms with van der Waals surface area (Å²) in [7, 11) is 0. The van der Waals surface area contributed by atoms with Crippen molar-refractivity contribution in [2.75, 3.05) is 19.6 Å². The van der Waals surface area contributed by atoms with E-state index in [1.807, 2.05) is 0 Å². The molecule has 1 saturated carbocycles. The van der Waals surface area contributed by atoms with Gasteiger partial charge in [-0.1, -0.05) is 0 Å². The van der Waals surface area contributed by atoms with E-state index in [1.165, 1.54) is 0 Å². The van der Waals surface area contributed by atoms with Crippen LogP contribution in [0.25, 0.3) is 0 Å². The Morgan fingerprint density at radius 2 is 1.90 bits per heavy atom. The van der Waals surface area contributed by atoms with E-state index in [1.54, 1.807) is 9.80 Å². The van der Waals surface area contributed by atoms with Gasteiger partial charge in [0.2, 0.25) is 11.8 Å². The van der Waals surface area contributed by atoms with Crippen LogP contribution in [0.15, 0.2) is 0 Å². The Kier molecular flexibility index (Phi) is 3.76. The summed E-state index contributed by atoms with van der Waals surface area (Å²) >= 11 is 0. The van der Waals surface area contributed by atoms with Gasteiger partial charge < -0.3 is 9.80 Å². The van der Waals surface area contributed by atoms with Crippen LogP contribution < -0.4 is 0 Å². The van der Waals surface area contributed by atoms with Gasteiger partial charge in [-0.15, -0.1) is 0 Å². The van der Waals surface area contributed by atoms with Crippen LogP contribution >= 0.6 is 0 Å². The van der Waals surface area contributed by atoms with Crippen LogP contribution in [0.1, 0.15) is 44.9 Å². The van der Waals surface area contributed by atoms with Crippen molar-refractivity contribution in [1.82, 2.24) is 9.80 Å². The summed E-state index contributed by atoms with van der Waals surface area (Å²) in [4.78, 5) is 39.6. The van der Waals surface area contributed by atoms with E-state index in [-0.39, 0.29) is 30.3 Å². The molecule has 1 aliphatic carbocycles. The maximum absolute atomic E-state index is 12.4. The molecule has 2 saturated heterocycles. The van der Waals surface area contributed by atoms with Gasteiger partial charge in [-0.3, -0.25) is 14.4 Å². The number of ketones is 1. The van der Waals surface area contributed by atoms with Crippen LogP contribution in [0.4, 0.5) is 0 Å². The lowest BCUT2D eigenvalue weighted by Crippen LogP contribution is -2.61. The number of fused-ring (bicyclic) bond motifs is 1. The van der Waals surface area contributed by atoms with Gasteiger partial charge in [0, 0.05) is 25.4 Å². The molecule has 0 spiro atoms. The molecule has 0 aromatic carbocycles. The number of carbonyl (C=O) groups excluding carboxylic acids is 3. The first-order valence-corrected chi connectivity index (χ1v) is 7.78. The summed E-state index contributed by atoms with van der Waals surface area (Å²) < 4.78 is 0. The minimum atomic E-state index is -0.232. The van der Waals surface area contributed by atoms with Crippen LogP contribution in [0, 0.1) is 5.92 Å². The molecule has 110 valence electrons. The van der Waals surface area contributed by atoms with Crippen LogP contribution in [0.5, 0.6) is 0 Å². The third-order valence-corrected chi connectivity index (χ3v) is 4.92. The van der Waals surface area contributed by atoms with E-state index < -0.39 is 0 Å². The number of rotatable bonds is 3. The van der Waals surface area contributed by atoms with Gasteiger partial charge in [0.15, 0.2) is 0 Å². The molecule has 0 N–H and O–H groups in total. The average molecular weight is 278 g/mol. The second-order valence-electron chi connectivity index (χ2n) is 6.20. The largest absolute Gasteiger partial charge is 0.332 e. The average Bonchev–Trinajstić information content (AvgIpc) is 2.87. The zero-order chi connectivity index (χ0) is 14.1. The standard InChI is InChI=1S/C15H22N2O3/c18-13-6-3-4-11(13)7-9-16-10-14(19)17-8-2-1-5-12(17)15(16)20/h11-12H,1-10H2. The molecule has 2 unspecified atom stereocenters. The molecule has 2 heterocycles. The Morgan fingerprint density at radius 3 is 2.65 bits per heavy atom. The third kappa shape index (κ3) is 2.45. The number of nitrogens with zero attached hydrogens (tertiary/aromatic N) is 2. The van der Waals surface area contributed by atoms with Gasteiger partial charge in [0.25, 0.3) is 0 Å². The molecule has 5 nitrogen and oxygen atoms in total. The molecule has 0 radical (unpaired) electrons. The Balaban J connectivity index is 1.60. The fourth-order valence-electron chi connectivity index (χ4n) is 3.72. The highest BCUT2D eigenvalue weighted by Gasteiger charge is 2.40. The first kappa shape index (κ1) is 13.6. The molecular formula is C15H22N2O3. The Bertz CT molecular complexity index is 435. The smallest absolute Gasteiger partial charge is 0.245 e. The lowest BCUT2D eigenvalue weighted by Gasteiger charge is -2.42. The van der Waals surface area contributed by atoms with Crippen molar-refractivity contribution < 1.29 is 14.4 Å². The molecule has 2 atom stereocenters. The molecule has 2 amide bonds. The van der Waals surface area contributed by atoms with Crippen molar-refractivity contribution in [2.24, 2.45) is 5.92 Å². The maximum Gasteiger partial charge on any atom is 0.245 e. The number of hydrogen-bond donors (Lipinski definition) is 0. The molecule has 0 bridgehead atoms. The molecule has 3 rings (SSSR count). The third-order valence-electron chi connectivity index (χ3n) is 4.92. The maximum atomic E-state index is 12.4. The van der Waals surface area contributed by atoms with Gasteiger partial charge in [0.05, 0.1) is 6.54 Å². The molecular weight excluding hydrogens is 256 g/mol. The van der Waals surface area contributed by atoms with Crippen LogP contribution in [0.2, 0.25) is 0 Å². The van der Waals surface area contributed by atoms with Gasteiger partial charge in [0.1, 0.15) is 11.8 Å². The number of piperazine rings is 1. The van der Waals surface area contributed by atoms with E-state index in [0.717, 1.165) is 45.1 Å².